The van der Waals surface area contributed by atoms with Crippen LogP contribution in [0.15, 0.2) is 41.3 Å². The summed E-state index contributed by atoms with van der Waals surface area (Å²) in [6.45, 7) is 0.717. The Labute approximate surface area is 182 Å². The first-order valence-corrected chi connectivity index (χ1v) is 10.8. The number of thioether (sulfide) groups is 1. The van der Waals surface area contributed by atoms with Crippen LogP contribution in [0.1, 0.15) is 23.2 Å². The van der Waals surface area contributed by atoms with Crippen molar-refractivity contribution < 1.29 is 23.5 Å². The average Bonchev–Trinajstić information content (AvgIpc) is 3.13. The largest absolute Gasteiger partial charge is 0.444 e. The molecule has 2 aromatic carbocycles. The van der Waals surface area contributed by atoms with Gasteiger partial charge in [0.2, 0.25) is 5.91 Å². The smallest absolute Gasteiger partial charge is 0.414 e. The molecule has 2 aliphatic heterocycles. The molecule has 3 amide bonds. The number of ether oxygens (including phenoxy) is 1. The predicted octanol–water partition coefficient (Wildman–Crippen LogP) is 2.99. The fourth-order valence-corrected chi connectivity index (χ4v) is 4.27. The molecular weight excluding hydrogens is 423 g/mol. The second kappa shape index (κ2) is 8.84. The number of para-hydroxylation sites is 1. The second-order valence-corrected chi connectivity index (χ2v) is 8.25. The maximum absolute atomic E-state index is 13.5. The van der Waals surface area contributed by atoms with E-state index in [-0.39, 0.29) is 23.3 Å². The van der Waals surface area contributed by atoms with Crippen LogP contribution in [-0.2, 0) is 9.53 Å². The van der Waals surface area contributed by atoms with E-state index in [0.29, 0.717) is 43.1 Å². The first kappa shape index (κ1) is 21.0. The molecule has 1 saturated heterocycles. The average molecular weight is 444 g/mol. The van der Waals surface area contributed by atoms with Crippen molar-refractivity contribution in [1.82, 2.24) is 5.32 Å². The highest BCUT2D eigenvalue weighted by Crippen LogP contribution is 2.35. The van der Waals surface area contributed by atoms with Crippen LogP contribution >= 0.6 is 11.8 Å². The summed E-state index contributed by atoms with van der Waals surface area (Å²) in [6, 6.07) is 9.57. The van der Waals surface area contributed by atoms with Crippen molar-refractivity contribution in [1.29, 1.82) is 0 Å². The number of anilines is 3. The first-order chi connectivity index (χ1) is 14.9. The number of carbonyl (C=O) groups excluding carboxylic acids is 3. The number of cyclic esters (lactones) is 1. The number of rotatable bonds is 6. The fourth-order valence-electron chi connectivity index (χ4n) is 3.48. The molecule has 4 N–H and O–H groups in total. The predicted molar refractivity (Wildman–Crippen MR) is 116 cm³/mol. The van der Waals surface area contributed by atoms with E-state index < -0.39 is 17.8 Å². The van der Waals surface area contributed by atoms with Crippen LogP contribution in [0, 0.1) is 5.82 Å². The molecule has 0 aromatic heterocycles. The third-order valence-corrected chi connectivity index (χ3v) is 6.14. The Kier molecular flexibility index (Phi) is 5.99. The van der Waals surface area contributed by atoms with Gasteiger partial charge in [-0.25, -0.2) is 9.18 Å². The minimum atomic E-state index is -0.633. The van der Waals surface area contributed by atoms with Gasteiger partial charge in [0.25, 0.3) is 5.91 Å². The summed E-state index contributed by atoms with van der Waals surface area (Å²) < 4.78 is 18.9. The second-order valence-electron chi connectivity index (χ2n) is 7.23. The highest BCUT2D eigenvalue weighted by atomic mass is 32.2. The number of nitrogen functional groups attached to an aromatic ring is 1. The molecule has 2 aliphatic rings. The Bertz CT molecular complexity index is 1050. The maximum atomic E-state index is 13.5. The van der Waals surface area contributed by atoms with Crippen molar-refractivity contribution in [2.45, 2.75) is 23.8 Å². The highest BCUT2D eigenvalue weighted by Gasteiger charge is 2.32. The molecule has 1 atom stereocenters. The van der Waals surface area contributed by atoms with Crippen LogP contribution in [-0.4, -0.2) is 42.9 Å². The van der Waals surface area contributed by atoms with Gasteiger partial charge < -0.3 is 21.1 Å². The summed E-state index contributed by atoms with van der Waals surface area (Å²) in [7, 11) is 0. The normalized spacial score (nSPS) is 17.7. The Balaban J connectivity index is 1.28. The topological polar surface area (TPSA) is 114 Å². The lowest BCUT2D eigenvalue weighted by Gasteiger charge is -2.20. The van der Waals surface area contributed by atoms with Crippen molar-refractivity contribution >= 4 is 46.7 Å². The van der Waals surface area contributed by atoms with Gasteiger partial charge in [0, 0.05) is 17.1 Å². The van der Waals surface area contributed by atoms with Crippen molar-refractivity contribution in [3.8, 4) is 0 Å². The standard InChI is InChI=1S/C21H21FN4O4S/c22-15-5-1-4-14(19(15)23)20(28)24-8-2-3-13-10-26(21(29)30-13)12-6-7-17-16(9-12)25-18(27)11-31-17/h1,4-7,9,13H,2-3,8,10-11,23H2,(H,24,28)(H,25,27)/t13-/m1/s1. The van der Waals surface area contributed by atoms with Gasteiger partial charge in [-0.2, -0.15) is 0 Å². The maximum Gasteiger partial charge on any atom is 0.414 e. The molecule has 0 bridgehead atoms. The number of benzene rings is 2. The van der Waals surface area contributed by atoms with Crippen molar-refractivity contribution in [2.75, 3.05) is 34.8 Å². The van der Waals surface area contributed by atoms with Crippen LogP contribution < -0.4 is 21.3 Å². The van der Waals surface area contributed by atoms with Gasteiger partial charge in [0.1, 0.15) is 11.9 Å². The quantitative estimate of drug-likeness (QED) is 0.466. The number of hydrogen-bond acceptors (Lipinski definition) is 6. The minimum absolute atomic E-state index is 0.0708. The Morgan fingerprint density at radius 1 is 1.32 bits per heavy atom. The molecule has 0 unspecified atom stereocenters. The summed E-state index contributed by atoms with van der Waals surface area (Å²) in [6.07, 6.45) is 0.363. The molecule has 10 heteroatoms. The molecule has 2 aromatic rings. The molecule has 0 spiro atoms. The van der Waals surface area contributed by atoms with Crippen LogP contribution in [0.4, 0.5) is 26.2 Å². The van der Waals surface area contributed by atoms with E-state index in [0.717, 1.165) is 4.90 Å². The van der Waals surface area contributed by atoms with Gasteiger partial charge in [0.05, 0.1) is 29.2 Å². The number of nitrogens with zero attached hydrogens (tertiary/aromatic N) is 1. The lowest BCUT2D eigenvalue weighted by Crippen LogP contribution is -2.27. The zero-order chi connectivity index (χ0) is 22.0. The number of hydrogen-bond donors (Lipinski definition) is 3. The van der Waals surface area contributed by atoms with Crippen LogP contribution in [0.3, 0.4) is 0 Å². The van der Waals surface area contributed by atoms with E-state index in [1.165, 1.54) is 34.9 Å². The van der Waals surface area contributed by atoms with Crippen molar-refractivity contribution in [3.63, 3.8) is 0 Å². The Morgan fingerprint density at radius 3 is 3.00 bits per heavy atom. The Hall–Kier alpha value is -3.27. The van der Waals surface area contributed by atoms with Gasteiger partial charge in [0.15, 0.2) is 0 Å². The van der Waals surface area contributed by atoms with E-state index >= 15 is 0 Å². The van der Waals surface area contributed by atoms with Crippen LogP contribution in [0.25, 0.3) is 0 Å². The minimum Gasteiger partial charge on any atom is -0.444 e. The molecule has 4 rings (SSSR count). The molecule has 0 aliphatic carbocycles. The molecule has 2 heterocycles. The van der Waals surface area contributed by atoms with Crippen molar-refractivity contribution in [3.05, 3.63) is 47.8 Å². The first-order valence-electron chi connectivity index (χ1n) is 9.79. The summed E-state index contributed by atoms with van der Waals surface area (Å²) >= 11 is 1.46. The van der Waals surface area contributed by atoms with E-state index in [4.69, 9.17) is 10.5 Å². The molecule has 0 radical (unpaired) electrons. The number of fused-ring (bicyclic) bond motifs is 1. The zero-order valence-electron chi connectivity index (χ0n) is 16.5. The van der Waals surface area contributed by atoms with E-state index in [1.807, 2.05) is 12.1 Å². The lowest BCUT2D eigenvalue weighted by molar-refractivity contribution is -0.113. The van der Waals surface area contributed by atoms with E-state index in [1.54, 1.807) is 6.07 Å². The summed E-state index contributed by atoms with van der Waals surface area (Å²) in [5.41, 5.74) is 6.86. The van der Waals surface area contributed by atoms with Gasteiger partial charge in [-0.1, -0.05) is 6.07 Å². The summed E-state index contributed by atoms with van der Waals surface area (Å²) in [5.74, 6) is -0.775. The Morgan fingerprint density at radius 2 is 2.16 bits per heavy atom. The van der Waals surface area contributed by atoms with E-state index in [2.05, 4.69) is 10.6 Å². The van der Waals surface area contributed by atoms with Gasteiger partial charge in [-0.15, -0.1) is 11.8 Å². The SMILES string of the molecule is Nc1c(F)cccc1C(=O)NCCC[C@@H]1CN(c2ccc3c(c2)NC(=O)CS3)C(=O)O1. The highest BCUT2D eigenvalue weighted by molar-refractivity contribution is 8.00. The number of nitrogens with two attached hydrogens (primary N) is 1. The summed E-state index contributed by atoms with van der Waals surface area (Å²) in [5, 5.41) is 5.51. The third kappa shape index (κ3) is 4.58. The van der Waals surface area contributed by atoms with Crippen molar-refractivity contribution in [2.24, 2.45) is 0 Å². The molecule has 1 fully saturated rings. The van der Waals surface area contributed by atoms with Gasteiger partial charge in [-0.05, 0) is 43.2 Å². The molecule has 31 heavy (non-hydrogen) atoms. The van der Waals surface area contributed by atoms with Crippen LogP contribution in [0.2, 0.25) is 0 Å². The van der Waals surface area contributed by atoms with Crippen LogP contribution in [0.5, 0.6) is 0 Å². The molecule has 8 nitrogen and oxygen atoms in total. The zero-order valence-corrected chi connectivity index (χ0v) is 17.3. The number of amides is 3. The van der Waals surface area contributed by atoms with Gasteiger partial charge in [-0.3, -0.25) is 14.5 Å². The third-order valence-electron chi connectivity index (χ3n) is 5.07. The molecule has 0 saturated carbocycles. The summed E-state index contributed by atoms with van der Waals surface area (Å²) in [4.78, 5) is 38.6. The number of carbonyl (C=O) groups is 3. The van der Waals surface area contributed by atoms with Gasteiger partial charge >= 0.3 is 6.09 Å². The lowest BCUT2D eigenvalue weighted by atomic mass is 10.1. The number of halogens is 1. The fraction of sp³-hybridized carbons (Fsp3) is 0.286. The molecular formula is C21H21FN4O4S. The molecule has 162 valence electrons. The van der Waals surface area contributed by atoms with E-state index in [9.17, 15) is 18.8 Å². The monoisotopic (exact) mass is 444 g/mol. The number of nitrogens with one attached hydrogen (secondary N) is 2.